The van der Waals surface area contributed by atoms with Crippen LogP contribution in [0.2, 0.25) is 0 Å². The molecule has 2 aromatic rings. The van der Waals surface area contributed by atoms with Gasteiger partial charge in [-0.15, -0.1) is 0 Å². The Kier molecular flexibility index (Phi) is 5.70. The highest BCUT2D eigenvalue weighted by molar-refractivity contribution is 8.07. The summed E-state index contributed by atoms with van der Waals surface area (Å²) in [6, 6.07) is 22.2. The summed E-state index contributed by atoms with van der Waals surface area (Å²) >= 11 is 1.50. The van der Waals surface area contributed by atoms with Gasteiger partial charge in [-0.2, -0.15) is 5.26 Å². The summed E-state index contributed by atoms with van der Waals surface area (Å²) in [7, 11) is 0. The van der Waals surface area contributed by atoms with Gasteiger partial charge in [0.15, 0.2) is 0 Å². The molecule has 0 unspecified atom stereocenters. The quantitative estimate of drug-likeness (QED) is 0.625. The maximum Gasteiger partial charge on any atom is 0.267 e. The van der Waals surface area contributed by atoms with Crippen molar-refractivity contribution in [2.24, 2.45) is 0 Å². The minimum Gasteiger partial charge on any atom is -0.335 e. The van der Waals surface area contributed by atoms with Gasteiger partial charge >= 0.3 is 0 Å². The van der Waals surface area contributed by atoms with Gasteiger partial charge in [-0.1, -0.05) is 60.3 Å². The summed E-state index contributed by atoms with van der Waals surface area (Å²) < 4.78 is 0. The maximum absolute atomic E-state index is 13.2. The van der Waals surface area contributed by atoms with Crippen LogP contribution in [0.1, 0.15) is 12.5 Å². The summed E-state index contributed by atoms with van der Waals surface area (Å²) in [6.07, 6.45) is 0. The molecule has 0 aromatic heterocycles. The van der Waals surface area contributed by atoms with Crippen molar-refractivity contribution >= 4 is 29.1 Å². The lowest BCUT2D eigenvalue weighted by Crippen LogP contribution is -2.47. The third kappa shape index (κ3) is 3.80. The van der Waals surface area contributed by atoms with Crippen molar-refractivity contribution in [3.8, 4) is 6.07 Å². The lowest BCUT2D eigenvalue weighted by atomic mass is 10.1. The monoisotopic (exact) mass is 402 g/mol. The summed E-state index contributed by atoms with van der Waals surface area (Å²) in [5.74, 6) is -0.195. The van der Waals surface area contributed by atoms with Crippen LogP contribution in [0.15, 0.2) is 76.2 Å². The van der Waals surface area contributed by atoms with Gasteiger partial charge in [0, 0.05) is 36.8 Å². The van der Waals surface area contributed by atoms with Gasteiger partial charge in [0.2, 0.25) is 0 Å². The first kappa shape index (κ1) is 19.3. The Balaban J connectivity index is 1.83. The van der Waals surface area contributed by atoms with Crippen LogP contribution in [0.25, 0.3) is 5.70 Å². The van der Waals surface area contributed by atoms with E-state index in [0.29, 0.717) is 18.1 Å². The number of nitrogens with zero attached hydrogens (tertiary/aromatic N) is 3. The molecule has 0 bridgehead atoms. The van der Waals surface area contributed by atoms with Crippen LogP contribution in [0.4, 0.5) is 5.69 Å². The summed E-state index contributed by atoms with van der Waals surface area (Å²) in [4.78, 5) is 18.1. The number of rotatable bonds is 3. The maximum atomic E-state index is 13.2. The third-order valence-electron chi connectivity index (χ3n) is 5.02. The Morgan fingerprint density at radius 1 is 1.03 bits per heavy atom. The number of nitriles is 1. The number of para-hydroxylation sites is 1. The Morgan fingerprint density at radius 3 is 2.28 bits per heavy atom. The Bertz CT molecular complexity index is 1000. The largest absolute Gasteiger partial charge is 0.335 e. The van der Waals surface area contributed by atoms with Crippen molar-refractivity contribution in [1.29, 1.82) is 5.26 Å². The lowest BCUT2D eigenvalue weighted by Gasteiger charge is -2.29. The average molecular weight is 403 g/mol. The molecule has 1 fully saturated rings. The van der Waals surface area contributed by atoms with E-state index in [2.05, 4.69) is 23.5 Å². The highest BCUT2D eigenvalue weighted by Gasteiger charge is 2.34. The number of piperazine rings is 1. The van der Waals surface area contributed by atoms with Crippen molar-refractivity contribution in [2.45, 2.75) is 6.92 Å². The van der Waals surface area contributed by atoms with Crippen LogP contribution >= 0.6 is 11.8 Å². The zero-order chi connectivity index (χ0) is 20.2. The highest BCUT2D eigenvalue weighted by Crippen LogP contribution is 2.49. The van der Waals surface area contributed by atoms with E-state index >= 15 is 0 Å². The highest BCUT2D eigenvalue weighted by atomic mass is 32.2. The number of allylic oxidation sites excluding steroid dienone is 1. The number of carbonyl (C=O) groups is 1. The topological polar surface area (TPSA) is 59.4 Å². The molecule has 146 valence electrons. The van der Waals surface area contributed by atoms with Crippen LogP contribution in [0.5, 0.6) is 0 Å². The number of hydrogen-bond acceptors (Lipinski definition) is 5. The molecule has 0 saturated carbocycles. The van der Waals surface area contributed by atoms with Gasteiger partial charge in [-0.3, -0.25) is 4.79 Å². The fourth-order valence-electron chi connectivity index (χ4n) is 3.63. The molecule has 29 heavy (non-hydrogen) atoms. The van der Waals surface area contributed by atoms with E-state index in [0.717, 1.165) is 34.9 Å². The Morgan fingerprint density at radius 2 is 1.66 bits per heavy atom. The number of nitrogens with one attached hydrogen (secondary N) is 1. The molecule has 2 aliphatic heterocycles. The number of carbonyl (C=O) groups excluding carboxylic acids is 1. The molecule has 5 nitrogen and oxygen atoms in total. The smallest absolute Gasteiger partial charge is 0.267 e. The molecule has 0 atom stereocenters. The number of amides is 1. The van der Waals surface area contributed by atoms with Crippen molar-refractivity contribution < 1.29 is 4.79 Å². The zero-order valence-corrected chi connectivity index (χ0v) is 17.1. The fraction of sp³-hybridized carbons (Fsp3) is 0.217. The third-order valence-corrected chi connectivity index (χ3v) is 6.09. The molecular formula is C23H22N4OS. The van der Waals surface area contributed by atoms with E-state index in [1.807, 2.05) is 60.4 Å². The Labute approximate surface area is 175 Å². The van der Waals surface area contributed by atoms with Crippen molar-refractivity contribution in [3.63, 3.8) is 0 Å². The second kappa shape index (κ2) is 8.56. The van der Waals surface area contributed by atoms with E-state index in [4.69, 9.17) is 0 Å². The molecule has 2 aliphatic rings. The molecule has 4 rings (SSSR count). The minimum atomic E-state index is -0.195. The SMILES string of the molecule is CC1=C(c2ccccc2)N(c2ccccc2)/C(=C(\C#N)C(=O)N2CCNCC2)S1. The first-order valence-corrected chi connectivity index (χ1v) is 10.5. The molecule has 2 heterocycles. The number of anilines is 1. The molecular weight excluding hydrogens is 380 g/mol. The minimum absolute atomic E-state index is 0.195. The number of benzene rings is 2. The lowest BCUT2D eigenvalue weighted by molar-refractivity contribution is -0.127. The molecule has 0 aliphatic carbocycles. The molecule has 2 aromatic carbocycles. The van der Waals surface area contributed by atoms with Gasteiger partial charge in [0.05, 0.1) is 5.70 Å². The van der Waals surface area contributed by atoms with Crippen LogP contribution < -0.4 is 10.2 Å². The molecule has 0 spiro atoms. The van der Waals surface area contributed by atoms with Gasteiger partial charge in [0.1, 0.15) is 16.7 Å². The molecule has 6 heteroatoms. The first-order valence-electron chi connectivity index (χ1n) is 9.64. The summed E-state index contributed by atoms with van der Waals surface area (Å²) in [5.41, 5.74) is 3.21. The normalized spacial score (nSPS) is 18.6. The predicted octanol–water partition coefficient (Wildman–Crippen LogP) is 3.80. The molecule has 1 saturated heterocycles. The Hall–Kier alpha value is -3.01. The predicted molar refractivity (Wildman–Crippen MR) is 118 cm³/mol. The average Bonchev–Trinajstić information content (AvgIpc) is 3.12. The fourth-order valence-corrected chi connectivity index (χ4v) is 4.74. The molecule has 0 radical (unpaired) electrons. The zero-order valence-electron chi connectivity index (χ0n) is 16.3. The second-order valence-electron chi connectivity index (χ2n) is 6.88. The van der Waals surface area contributed by atoms with E-state index in [-0.39, 0.29) is 11.5 Å². The van der Waals surface area contributed by atoms with E-state index in [9.17, 15) is 10.1 Å². The van der Waals surface area contributed by atoms with Crippen LogP contribution in [0.3, 0.4) is 0 Å². The van der Waals surface area contributed by atoms with Gasteiger partial charge in [-0.05, 0) is 24.6 Å². The van der Waals surface area contributed by atoms with Gasteiger partial charge in [-0.25, -0.2) is 0 Å². The van der Waals surface area contributed by atoms with Crippen LogP contribution in [0, 0.1) is 11.3 Å². The van der Waals surface area contributed by atoms with Gasteiger partial charge in [0.25, 0.3) is 5.91 Å². The first-order chi connectivity index (χ1) is 14.2. The van der Waals surface area contributed by atoms with E-state index < -0.39 is 0 Å². The second-order valence-corrected chi connectivity index (χ2v) is 8.08. The van der Waals surface area contributed by atoms with Crippen LogP contribution in [-0.2, 0) is 4.79 Å². The summed E-state index contributed by atoms with van der Waals surface area (Å²) in [6.45, 7) is 4.78. The van der Waals surface area contributed by atoms with Crippen LogP contribution in [-0.4, -0.2) is 37.0 Å². The van der Waals surface area contributed by atoms with Crippen molar-refractivity contribution in [1.82, 2.24) is 10.2 Å². The van der Waals surface area contributed by atoms with E-state index in [1.54, 1.807) is 4.90 Å². The summed E-state index contributed by atoms with van der Waals surface area (Å²) in [5, 5.41) is 13.9. The molecule has 1 N–H and O–H groups in total. The van der Waals surface area contributed by atoms with E-state index in [1.165, 1.54) is 11.8 Å². The number of hydrogen-bond donors (Lipinski definition) is 1. The van der Waals surface area contributed by atoms with Crippen molar-refractivity contribution in [2.75, 3.05) is 31.1 Å². The molecule has 1 amide bonds. The van der Waals surface area contributed by atoms with Crippen molar-refractivity contribution in [3.05, 3.63) is 81.7 Å². The van der Waals surface area contributed by atoms with Gasteiger partial charge < -0.3 is 15.1 Å². The number of thioether (sulfide) groups is 1. The standard InChI is InChI=1S/C23H22N4OS/c1-17-21(18-8-4-2-5-9-18)27(19-10-6-3-7-11-19)23(29-17)20(16-24)22(28)26-14-12-25-13-15-26/h2-11,25H,12-15H2,1H3/b23-20-.